The van der Waals surface area contributed by atoms with Crippen LogP contribution in [0, 0.1) is 0 Å². The van der Waals surface area contributed by atoms with Crippen LogP contribution in [0.5, 0.6) is 0 Å². The SMILES string of the molecule is CC1(C)OCC(C2OC3OC(C)(C)OC3C2OC2OC(C(O)CO)C(O)C2O)O1. The molecule has 0 aromatic carbocycles. The number of aliphatic hydroxyl groups is 4. The summed E-state index contributed by atoms with van der Waals surface area (Å²) < 4.78 is 40.8. The van der Waals surface area contributed by atoms with E-state index in [0.29, 0.717) is 0 Å². The normalized spacial score (nSPS) is 49.4. The second-order valence-corrected chi connectivity index (χ2v) is 8.74. The van der Waals surface area contributed by atoms with Gasteiger partial charge in [-0.15, -0.1) is 0 Å². The highest BCUT2D eigenvalue weighted by atomic mass is 16.9. The summed E-state index contributed by atoms with van der Waals surface area (Å²) in [6, 6.07) is 0. The minimum Gasteiger partial charge on any atom is -0.394 e. The Morgan fingerprint density at radius 3 is 2.31 bits per heavy atom. The fourth-order valence-corrected chi connectivity index (χ4v) is 4.20. The van der Waals surface area contributed by atoms with E-state index in [1.54, 1.807) is 27.7 Å². The zero-order chi connectivity index (χ0) is 21.1. The molecule has 4 N–H and O–H groups in total. The van der Waals surface area contributed by atoms with Gasteiger partial charge in [-0.25, -0.2) is 0 Å². The second-order valence-electron chi connectivity index (χ2n) is 8.74. The molecule has 0 spiro atoms. The Morgan fingerprint density at radius 2 is 1.69 bits per heavy atom. The smallest absolute Gasteiger partial charge is 0.190 e. The van der Waals surface area contributed by atoms with Crippen LogP contribution in [0.3, 0.4) is 0 Å². The number of hydrogen-bond donors (Lipinski definition) is 4. The van der Waals surface area contributed by atoms with Crippen molar-refractivity contribution in [2.75, 3.05) is 13.2 Å². The maximum absolute atomic E-state index is 10.3. The molecule has 0 radical (unpaired) electrons. The van der Waals surface area contributed by atoms with E-state index in [-0.39, 0.29) is 6.61 Å². The van der Waals surface area contributed by atoms with Crippen LogP contribution in [0.1, 0.15) is 27.7 Å². The maximum Gasteiger partial charge on any atom is 0.190 e. The van der Waals surface area contributed by atoms with Crippen LogP contribution in [0.15, 0.2) is 0 Å². The number of ether oxygens (including phenoxy) is 7. The lowest BCUT2D eigenvalue weighted by atomic mass is 10.0. The van der Waals surface area contributed by atoms with Gasteiger partial charge in [0.2, 0.25) is 0 Å². The molecule has 0 saturated carbocycles. The van der Waals surface area contributed by atoms with Crippen molar-refractivity contribution < 1.29 is 53.6 Å². The highest BCUT2D eigenvalue weighted by Crippen LogP contribution is 2.43. The van der Waals surface area contributed by atoms with Crippen molar-refractivity contribution in [1.82, 2.24) is 0 Å². The zero-order valence-corrected chi connectivity index (χ0v) is 16.8. The van der Waals surface area contributed by atoms with Crippen molar-refractivity contribution in [3.63, 3.8) is 0 Å². The van der Waals surface area contributed by atoms with Crippen LogP contribution in [-0.4, -0.2) is 107 Å². The molecule has 11 heteroatoms. The Labute approximate surface area is 168 Å². The van der Waals surface area contributed by atoms with E-state index in [2.05, 4.69) is 0 Å². The largest absolute Gasteiger partial charge is 0.394 e. The number of aliphatic hydroxyl groups excluding tert-OH is 4. The highest BCUT2D eigenvalue weighted by Gasteiger charge is 2.60. The molecule has 4 rings (SSSR count). The van der Waals surface area contributed by atoms with Gasteiger partial charge in [-0.2, -0.15) is 0 Å². The van der Waals surface area contributed by atoms with Crippen molar-refractivity contribution in [2.45, 2.75) is 101 Å². The fourth-order valence-electron chi connectivity index (χ4n) is 4.20. The van der Waals surface area contributed by atoms with Crippen LogP contribution in [-0.2, 0) is 33.2 Å². The standard InChI is InChI=1S/C18H30O11/c1-17(2)23-6-8(27-17)12-13(14-16(25-12)29-18(3,4)28-14)26-15-10(22)9(21)11(24-15)7(20)5-19/h7-16,19-22H,5-6H2,1-4H3. The second kappa shape index (κ2) is 7.61. The van der Waals surface area contributed by atoms with E-state index in [4.69, 9.17) is 38.3 Å². The molecule has 29 heavy (non-hydrogen) atoms. The summed E-state index contributed by atoms with van der Waals surface area (Å²) in [5.74, 6) is -1.67. The van der Waals surface area contributed by atoms with Gasteiger partial charge in [0.1, 0.15) is 48.8 Å². The zero-order valence-electron chi connectivity index (χ0n) is 16.8. The van der Waals surface area contributed by atoms with Crippen molar-refractivity contribution >= 4 is 0 Å². The van der Waals surface area contributed by atoms with E-state index >= 15 is 0 Å². The maximum atomic E-state index is 10.3. The van der Waals surface area contributed by atoms with Gasteiger partial charge in [0.05, 0.1) is 13.2 Å². The van der Waals surface area contributed by atoms with Crippen LogP contribution < -0.4 is 0 Å². The summed E-state index contributed by atoms with van der Waals surface area (Å²) >= 11 is 0. The van der Waals surface area contributed by atoms with Crippen LogP contribution >= 0.6 is 0 Å². The summed E-state index contributed by atoms with van der Waals surface area (Å²) in [6.07, 6.45) is -9.92. The molecule has 4 fully saturated rings. The third-order valence-corrected chi connectivity index (χ3v) is 5.54. The topological polar surface area (TPSA) is 146 Å². The molecule has 4 heterocycles. The lowest BCUT2D eigenvalue weighted by molar-refractivity contribution is -0.262. The predicted molar refractivity (Wildman–Crippen MR) is 92.2 cm³/mol. The van der Waals surface area contributed by atoms with E-state index in [0.717, 1.165) is 0 Å². The molecular weight excluding hydrogens is 392 g/mol. The Balaban J connectivity index is 1.52. The molecule has 10 unspecified atom stereocenters. The quantitative estimate of drug-likeness (QED) is 0.398. The molecule has 11 nitrogen and oxygen atoms in total. The Bertz CT molecular complexity index is 598. The predicted octanol–water partition coefficient (Wildman–Crippen LogP) is -1.80. The fraction of sp³-hybridized carbons (Fsp3) is 1.00. The molecule has 0 bridgehead atoms. The van der Waals surface area contributed by atoms with Crippen LogP contribution in [0.25, 0.3) is 0 Å². The average molecular weight is 422 g/mol. The van der Waals surface area contributed by atoms with Gasteiger partial charge in [0.25, 0.3) is 0 Å². The first-order valence-corrected chi connectivity index (χ1v) is 9.80. The van der Waals surface area contributed by atoms with Gasteiger partial charge in [-0.3, -0.25) is 0 Å². The lowest BCUT2D eigenvalue weighted by Gasteiger charge is -2.31. The average Bonchev–Trinajstić information content (AvgIpc) is 3.32. The van der Waals surface area contributed by atoms with E-state index < -0.39 is 79.6 Å². The van der Waals surface area contributed by atoms with Crippen LogP contribution in [0.4, 0.5) is 0 Å². The van der Waals surface area contributed by atoms with Gasteiger partial charge in [0.15, 0.2) is 24.2 Å². The van der Waals surface area contributed by atoms with Crippen molar-refractivity contribution in [1.29, 1.82) is 0 Å². The third kappa shape index (κ3) is 4.06. The lowest BCUT2D eigenvalue weighted by Crippen LogP contribution is -2.47. The summed E-state index contributed by atoms with van der Waals surface area (Å²) in [6.45, 7) is 6.71. The molecular formula is C18H30O11. The monoisotopic (exact) mass is 422 g/mol. The summed E-state index contributed by atoms with van der Waals surface area (Å²) in [5, 5.41) is 39.5. The molecule has 4 aliphatic rings. The van der Waals surface area contributed by atoms with Crippen molar-refractivity contribution in [3.8, 4) is 0 Å². The molecule has 4 saturated heterocycles. The molecule has 4 aliphatic heterocycles. The molecule has 0 aromatic heterocycles. The molecule has 0 amide bonds. The van der Waals surface area contributed by atoms with Crippen LogP contribution in [0.2, 0.25) is 0 Å². The Hall–Kier alpha value is -0.440. The first kappa shape index (κ1) is 21.8. The van der Waals surface area contributed by atoms with Gasteiger partial charge in [0, 0.05) is 0 Å². The van der Waals surface area contributed by atoms with Gasteiger partial charge >= 0.3 is 0 Å². The number of hydrogen-bond acceptors (Lipinski definition) is 11. The summed E-state index contributed by atoms with van der Waals surface area (Å²) in [5.41, 5.74) is 0. The minimum absolute atomic E-state index is 0.267. The molecule has 10 atom stereocenters. The Kier molecular flexibility index (Phi) is 5.71. The molecule has 0 aromatic rings. The van der Waals surface area contributed by atoms with Crippen molar-refractivity contribution in [2.24, 2.45) is 0 Å². The minimum atomic E-state index is -1.44. The summed E-state index contributed by atoms with van der Waals surface area (Å²) in [4.78, 5) is 0. The first-order chi connectivity index (χ1) is 13.5. The molecule has 168 valence electrons. The number of rotatable bonds is 5. The van der Waals surface area contributed by atoms with E-state index in [1.807, 2.05) is 0 Å². The van der Waals surface area contributed by atoms with Gasteiger partial charge < -0.3 is 53.6 Å². The van der Waals surface area contributed by atoms with E-state index in [9.17, 15) is 15.3 Å². The Morgan fingerprint density at radius 1 is 0.966 bits per heavy atom. The third-order valence-electron chi connectivity index (χ3n) is 5.54. The van der Waals surface area contributed by atoms with Gasteiger partial charge in [-0.05, 0) is 27.7 Å². The highest BCUT2D eigenvalue weighted by molar-refractivity contribution is 5.00. The van der Waals surface area contributed by atoms with Crippen molar-refractivity contribution in [3.05, 3.63) is 0 Å². The summed E-state index contributed by atoms with van der Waals surface area (Å²) in [7, 11) is 0. The van der Waals surface area contributed by atoms with Gasteiger partial charge in [-0.1, -0.05) is 0 Å². The number of fused-ring (bicyclic) bond motifs is 1. The molecule has 0 aliphatic carbocycles. The van der Waals surface area contributed by atoms with E-state index in [1.165, 1.54) is 0 Å². The first-order valence-electron chi connectivity index (χ1n) is 9.80.